The molecule has 6 nitrogen and oxygen atoms in total. The highest BCUT2D eigenvalue weighted by Gasteiger charge is 2.39. The van der Waals surface area contributed by atoms with Crippen molar-refractivity contribution in [1.29, 1.82) is 0 Å². The van der Waals surface area contributed by atoms with E-state index < -0.39 is 34.9 Å². The van der Waals surface area contributed by atoms with Gasteiger partial charge in [0.1, 0.15) is 5.76 Å². The average Bonchev–Trinajstić information content (AvgIpc) is 2.37. The summed E-state index contributed by atoms with van der Waals surface area (Å²) in [6, 6.07) is 4.05. The van der Waals surface area contributed by atoms with Crippen LogP contribution in [0.5, 0.6) is 0 Å². The number of halogens is 3. The van der Waals surface area contributed by atoms with E-state index in [4.69, 9.17) is 5.11 Å². The number of nitrogens with one attached hydrogen (secondary N) is 1. The fourth-order valence-corrected chi connectivity index (χ4v) is 1.36. The first-order chi connectivity index (χ1) is 9.66. The smallest absolute Gasteiger partial charge is 0.454 e. The summed E-state index contributed by atoms with van der Waals surface area (Å²) in [7, 11) is 0. The number of aliphatic hydroxyl groups is 1. The van der Waals surface area contributed by atoms with Crippen LogP contribution < -0.4 is 5.32 Å². The predicted octanol–water partition coefficient (Wildman–Crippen LogP) is 2.93. The number of ketones is 1. The molecule has 0 aromatic heterocycles. The Morgan fingerprint density at radius 1 is 1.29 bits per heavy atom. The van der Waals surface area contributed by atoms with Crippen LogP contribution in [0.3, 0.4) is 0 Å². The monoisotopic (exact) mass is 302 g/mol. The highest BCUT2D eigenvalue weighted by molar-refractivity contribution is 6.05. The summed E-state index contributed by atoms with van der Waals surface area (Å²) in [5.74, 6) is -3.83. The van der Waals surface area contributed by atoms with Crippen LogP contribution in [0, 0.1) is 4.91 Å². The van der Waals surface area contributed by atoms with E-state index in [9.17, 15) is 27.7 Å². The third kappa shape index (κ3) is 4.13. The van der Waals surface area contributed by atoms with Crippen LogP contribution in [0.25, 0.3) is 0 Å². The quantitative estimate of drug-likeness (QED) is 0.387. The molecule has 112 valence electrons. The molecule has 0 unspecified atom stereocenters. The van der Waals surface area contributed by atoms with Gasteiger partial charge in [0.05, 0.1) is 0 Å². The van der Waals surface area contributed by atoms with E-state index in [-0.39, 0.29) is 5.69 Å². The molecule has 21 heavy (non-hydrogen) atoms. The molecule has 9 heteroatoms. The second-order valence-electron chi connectivity index (χ2n) is 3.89. The SMILES string of the molecule is CC(O)=C(N=O)C(=O)Nc1cccc(C(=O)C(F)(F)F)c1. The van der Waals surface area contributed by atoms with Gasteiger partial charge in [-0.05, 0) is 24.2 Å². The largest absolute Gasteiger partial charge is 0.510 e. The summed E-state index contributed by atoms with van der Waals surface area (Å²) >= 11 is 0. The van der Waals surface area contributed by atoms with E-state index in [1.54, 1.807) is 0 Å². The fourth-order valence-electron chi connectivity index (χ4n) is 1.36. The molecule has 0 bridgehead atoms. The van der Waals surface area contributed by atoms with Gasteiger partial charge in [0.25, 0.3) is 11.7 Å². The molecule has 0 aliphatic heterocycles. The third-order valence-corrected chi connectivity index (χ3v) is 2.29. The fraction of sp³-hybridized carbons (Fsp3) is 0.167. The number of anilines is 1. The van der Waals surface area contributed by atoms with Gasteiger partial charge in [-0.15, -0.1) is 4.91 Å². The van der Waals surface area contributed by atoms with Crippen molar-refractivity contribution in [3.8, 4) is 0 Å². The number of hydrogen-bond acceptors (Lipinski definition) is 5. The average molecular weight is 302 g/mol. The van der Waals surface area contributed by atoms with Gasteiger partial charge in [-0.3, -0.25) is 9.59 Å². The molecule has 0 aliphatic carbocycles. The van der Waals surface area contributed by atoms with Crippen LogP contribution in [0.4, 0.5) is 18.9 Å². The molecule has 0 aliphatic rings. The van der Waals surface area contributed by atoms with Crippen molar-refractivity contribution in [2.45, 2.75) is 13.1 Å². The first kappa shape index (κ1) is 16.3. The minimum absolute atomic E-state index is 0.155. The molecule has 0 atom stereocenters. The lowest BCUT2D eigenvalue weighted by atomic mass is 10.1. The first-order valence-electron chi connectivity index (χ1n) is 5.43. The highest BCUT2D eigenvalue weighted by Crippen LogP contribution is 2.23. The van der Waals surface area contributed by atoms with Gasteiger partial charge in [0.2, 0.25) is 5.70 Å². The molecule has 2 N–H and O–H groups in total. The number of aliphatic hydroxyl groups excluding tert-OH is 1. The van der Waals surface area contributed by atoms with Crippen molar-refractivity contribution in [3.05, 3.63) is 46.2 Å². The van der Waals surface area contributed by atoms with Crippen LogP contribution in [-0.2, 0) is 4.79 Å². The van der Waals surface area contributed by atoms with Gasteiger partial charge in [-0.25, -0.2) is 0 Å². The number of hydrogen-bond donors (Lipinski definition) is 2. The van der Waals surface area contributed by atoms with Crippen LogP contribution in [0.1, 0.15) is 17.3 Å². The maximum atomic E-state index is 12.3. The molecular weight excluding hydrogens is 293 g/mol. The van der Waals surface area contributed by atoms with Crippen LogP contribution in [0.2, 0.25) is 0 Å². The number of amides is 1. The molecule has 0 heterocycles. The summed E-state index contributed by atoms with van der Waals surface area (Å²) in [5, 5.41) is 13.4. The van der Waals surface area contributed by atoms with Crippen molar-refractivity contribution in [2.24, 2.45) is 5.18 Å². The Balaban J connectivity index is 3.03. The molecule has 0 saturated carbocycles. The summed E-state index contributed by atoms with van der Waals surface area (Å²) in [4.78, 5) is 32.9. The molecule has 1 aromatic carbocycles. The lowest BCUT2D eigenvalue weighted by Gasteiger charge is -2.08. The number of carbonyl (C=O) groups is 2. The molecule has 0 radical (unpaired) electrons. The van der Waals surface area contributed by atoms with Crippen molar-refractivity contribution >= 4 is 17.4 Å². The second kappa shape index (κ2) is 6.16. The zero-order valence-corrected chi connectivity index (χ0v) is 10.6. The Kier molecular flexibility index (Phi) is 4.79. The van der Waals surface area contributed by atoms with Gasteiger partial charge in [-0.1, -0.05) is 12.1 Å². The topological polar surface area (TPSA) is 95.8 Å². The Hall–Kier alpha value is -2.71. The Morgan fingerprint density at radius 2 is 1.90 bits per heavy atom. The van der Waals surface area contributed by atoms with Gasteiger partial charge >= 0.3 is 6.18 Å². The number of Topliss-reactive ketones (excluding diaryl/α,β-unsaturated/α-hetero) is 1. The van der Waals surface area contributed by atoms with E-state index >= 15 is 0 Å². The van der Waals surface area contributed by atoms with Gasteiger partial charge in [0, 0.05) is 11.3 Å². The maximum Gasteiger partial charge on any atom is 0.454 e. The highest BCUT2D eigenvalue weighted by atomic mass is 19.4. The van der Waals surface area contributed by atoms with Crippen molar-refractivity contribution in [1.82, 2.24) is 0 Å². The van der Waals surface area contributed by atoms with E-state index in [1.165, 1.54) is 6.07 Å². The Bertz CT molecular complexity index is 619. The maximum absolute atomic E-state index is 12.3. The van der Waals surface area contributed by atoms with E-state index in [1.807, 2.05) is 0 Å². The number of nitroso groups, excluding NO2 is 1. The molecule has 1 amide bonds. The second-order valence-corrected chi connectivity index (χ2v) is 3.89. The lowest BCUT2D eigenvalue weighted by molar-refractivity contribution is -0.113. The lowest BCUT2D eigenvalue weighted by Crippen LogP contribution is -2.23. The zero-order valence-electron chi connectivity index (χ0n) is 10.6. The summed E-state index contributed by atoms with van der Waals surface area (Å²) in [5.41, 5.74) is -1.65. The molecule has 0 saturated heterocycles. The van der Waals surface area contributed by atoms with Gasteiger partial charge < -0.3 is 10.4 Å². The number of benzene rings is 1. The predicted molar refractivity (Wildman–Crippen MR) is 66.6 cm³/mol. The zero-order chi connectivity index (χ0) is 16.2. The number of carbonyl (C=O) groups excluding carboxylic acids is 2. The minimum Gasteiger partial charge on any atom is -0.510 e. The summed E-state index contributed by atoms with van der Waals surface area (Å²) in [6.07, 6.45) is -5.04. The van der Waals surface area contributed by atoms with Crippen molar-refractivity contribution in [2.75, 3.05) is 5.32 Å². The third-order valence-electron chi connectivity index (χ3n) is 2.29. The Labute approximate surface area is 116 Å². The van der Waals surface area contributed by atoms with Crippen LogP contribution >= 0.6 is 0 Å². The standard InChI is InChI=1S/C12H9F3N2O4/c1-6(18)9(17-21)11(20)16-8-4-2-3-7(5-8)10(19)12(13,14)15/h2-5,18H,1H3,(H,16,20). The molecule has 0 fully saturated rings. The number of nitrogens with zero attached hydrogens (tertiary/aromatic N) is 1. The van der Waals surface area contributed by atoms with Crippen molar-refractivity contribution < 1.29 is 27.9 Å². The van der Waals surface area contributed by atoms with Crippen molar-refractivity contribution in [3.63, 3.8) is 0 Å². The van der Waals surface area contributed by atoms with E-state index in [0.29, 0.717) is 0 Å². The van der Waals surface area contributed by atoms with Gasteiger partial charge in [0.15, 0.2) is 0 Å². The molecule has 0 spiro atoms. The van der Waals surface area contributed by atoms with Crippen LogP contribution in [0.15, 0.2) is 40.9 Å². The van der Waals surface area contributed by atoms with Crippen LogP contribution in [-0.4, -0.2) is 23.0 Å². The molecule has 1 rings (SSSR count). The number of alkyl halides is 3. The van der Waals surface area contributed by atoms with Gasteiger partial charge in [-0.2, -0.15) is 13.2 Å². The minimum atomic E-state index is -5.04. The summed E-state index contributed by atoms with van der Waals surface area (Å²) in [6.45, 7) is 1.04. The summed E-state index contributed by atoms with van der Waals surface area (Å²) < 4.78 is 36.9. The first-order valence-corrected chi connectivity index (χ1v) is 5.43. The van der Waals surface area contributed by atoms with E-state index in [0.717, 1.165) is 25.1 Å². The molecular formula is C12H9F3N2O4. The van der Waals surface area contributed by atoms with E-state index in [2.05, 4.69) is 10.5 Å². The normalized spacial score (nSPS) is 12.4. The Morgan fingerprint density at radius 3 is 2.38 bits per heavy atom. The molecule has 1 aromatic rings. The number of allylic oxidation sites excluding steroid dienone is 1. The number of rotatable bonds is 4.